The number of rotatable bonds is 19. The van der Waals surface area contributed by atoms with Gasteiger partial charge in [0.15, 0.2) is 0 Å². The van der Waals surface area contributed by atoms with E-state index in [2.05, 4.69) is 38.0 Å². The summed E-state index contributed by atoms with van der Waals surface area (Å²) < 4.78 is 5.87. The number of nitrogens with one attached hydrogen (secondary N) is 6. The second kappa shape index (κ2) is 24.0. The molecule has 0 aromatic heterocycles. The first-order valence-corrected chi connectivity index (χ1v) is 27.2. The number of likely N-dealkylation sites (tertiary alicyclic amines) is 1. The van der Waals surface area contributed by atoms with Crippen LogP contribution < -0.4 is 31.9 Å². The van der Waals surface area contributed by atoms with Gasteiger partial charge in [0.2, 0.25) is 41.4 Å². The molecule has 2 fully saturated rings. The molecule has 7 unspecified atom stereocenters. The average Bonchev–Trinajstić information content (AvgIpc) is 4.10. The molecule has 2 aliphatic heterocycles. The highest BCUT2D eigenvalue weighted by Gasteiger charge is 2.55. The van der Waals surface area contributed by atoms with E-state index in [-0.39, 0.29) is 74.7 Å². The van der Waals surface area contributed by atoms with Gasteiger partial charge in [-0.15, -0.1) is 0 Å². The first-order valence-electron chi connectivity index (χ1n) is 27.2. The summed E-state index contributed by atoms with van der Waals surface area (Å²) in [6.45, 7) is 14.9. The van der Waals surface area contributed by atoms with Crippen LogP contribution in [0, 0.1) is 16.2 Å². The zero-order chi connectivity index (χ0) is 55.3. The highest BCUT2D eigenvalue weighted by Crippen LogP contribution is 2.48. The SMILES string of the molecule is CN[C@@H](C)C(=O)NC(C(=O)N1CC(NC(=O)C2(CN(C(=O)C3Cc4ccccc4CN3C(=O)C(NC(=O)[C@H](C)NC)C(C)(C)C)C(COC)c3ccccc3)CC2)CC1C(=O)NC1CCCc2ccccc21)C(C)(C)C. The van der Waals surface area contributed by atoms with Gasteiger partial charge in [-0.1, -0.05) is 120 Å². The maximum Gasteiger partial charge on any atom is 0.246 e. The van der Waals surface area contributed by atoms with E-state index in [4.69, 9.17) is 4.74 Å². The predicted molar refractivity (Wildman–Crippen MR) is 291 cm³/mol. The lowest BCUT2D eigenvalue weighted by molar-refractivity contribution is -0.154. The quantitative estimate of drug-likeness (QED) is 0.0991. The van der Waals surface area contributed by atoms with Crippen molar-refractivity contribution < 1.29 is 38.3 Å². The Morgan fingerprint density at radius 1 is 0.711 bits per heavy atom. The number of carbonyl (C=O) groups excluding carboxylic acids is 7. The second-order valence-electron chi connectivity index (χ2n) is 23.8. The molecule has 17 heteroatoms. The van der Waals surface area contributed by atoms with E-state index in [1.54, 1.807) is 44.9 Å². The van der Waals surface area contributed by atoms with Crippen molar-refractivity contribution in [2.75, 3.05) is 40.9 Å². The van der Waals surface area contributed by atoms with Crippen LogP contribution in [0.5, 0.6) is 0 Å². The van der Waals surface area contributed by atoms with Crippen LogP contribution in [0.4, 0.5) is 0 Å². The molecule has 9 atom stereocenters. The first kappa shape index (κ1) is 57.5. The lowest BCUT2D eigenvalue weighted by Gasteiger charge is -2.44. The van der Waals surface area contributed by atoms with E-state index in [1.807, 2.05) is 114 Å². The summed E-state index contributed by atoms with van der Waals surface area (Å²) in [6, 6.07) is 18.6. The van der Waals surface area contributed by atoms with Crippen molar-refractivity contribution in [3.8, 4) is 0 Å². The molecule has 6 N–H and O–H groups in total. The van der Waals surface area contributed by atoms with Crippen LogP contribution in [0.3, 0.4) is 0 Å². The summed E-state index contributed by atoms with van der Waals surface area (Å²) in [7, 11) is 4.91. The summed E-state index contributed by atoms with van der Waals surface area (Å²) in [4.78, 5) is 108. The van der Waals surface area contributed by atoms with Crippen LogP contribution in [-0.2, 0) is 57.7 Å². The third-order valence-electron chi connectivity index (χ3n) is 16.2. The highest BCUT2D eigenvalue weighted by atomic mass is 16.5. The monoisotopic (exact) mass is 1050 g/mol. The van der Waals surface area contributed by atoms with Crippen LogP contribution in [0.2, 0.25) is 0 Å². The minimum atomic E-state index is -1.06. The van der Waals surface area contributed by atoms with Gasteiger partial charge in [0.1, 0.15) is 24.2 Å². The Kier molecular flexibility index (Phi) is 18.2. The molecule has 3 aromatic carbocycles. The van der Waals surface area contributed by atoms with Crippen molar-refractivity contribution in [3.05, 3.63) is 107 Å². The Morgan fingerprint density at radius 2 is 1.26 bits per heavy atom. The fourth-order valence-corrected chi connectivity index (χ4v) is 11.0. The number of fused-ring (bicyclic) bond motifs is 2. The highest BCUT2D eigenvalue weighted by molar-refractivity contribution is 5.96. The Morgan fingerprint density at radius 3 is 1.83 bits per heavy atom. The molecule has 1 saturated heterocycles. The molecule has 7 rings (SSSR count). The van der Waals surface area contributed by atoms with E-state index in [0.717, 1.165) is 41.5 Å². The summed E-state index contributed by atoms with van der Waals surface area (Å²) in [5.74, 6) is -2.54. The van der Waals surface area contributed by atoms with E-state index in [1.165, 1.54) is 10.5 Å². The number of hydrogen-bond donors (Lipinski definition) is 6. The number of ether oxygens (including phenoxy) is 1. The van der Waals surface area contributed by atoms with Crippen LogP contribution in [0.25, 0.3) is 0 Å². The number of benzene rings is 3. The summed E-state index contributed by atoms with van der Waals surface area (Å²) in [6.07, 6.45) is 3.77. The second-order valence-corrected chi connectivity index (χ2v) is 23.8. The van der Waals surface area contributed by atoms with E-state index >= 15 is 14.4 Å². The van der Waals surface area contributed by atoms with Gasteiger partial charge in [-0.3, -0.25) is 33.6 Å². The molecule has 0 bridgehead atoms. The fourth-order valence-electron chi connectivity index (χ4n) is 11.0. The van der Waals surface area contributed by atoms with Gasteiger partial charge in [-0.05, 0) is 105 Å². The van der Waals surface area contributed by atoms with Crippen molar-refractivity contribution >= 4 is 41.4 Å². The summed E-state index contributed by atoms with van der Waals surface area (Å²) >= 11 is 0. The number of hydrogen-bond acceptors (Lipinski definition) is 10. The molecule has 3 aromatic rings. The van der Waals surface area contributed by atoms with Crippen molar-refractivity contribution in [2.45, 2.75) is 161 Å². The normalized spacial score (nSPS) is 21.8. The van der Waals surface area contributed by atoms with Gasteiger partial charge in [-0.2, -0.15) is 0 Å². The smallest absolute Gasteiger partial charge is 0.246 e. The Bertz CT molecular complexity index is 2590. The Balaban J connectivity index is 1.21. The van der Waals surface area contributed by atoms with Gasteiger partial charge in [-0.25, -0.2) is 0 Å². The third-order valence-corrected chi connectivity index (χ3v) is 16.2. The standard InChI is InChI=1S/C59H83N9O8/c1-36(60-9)50(69)64-48(57(3,4)5)54(73)66-32-41-24-16-15-23-40(41)30-46(66)53(72)68(47(34-76-11)39-21-13-12-14-22-39)35-59(28-29-59)56(75)62-42-31-45(52(71)63-44-27-19-25-38-20-17-18-26-43(38)44)67(33-42)55(74)49(58(6,7)8)65-51(70)37(2)61-10/h12-18,20-24,26,36-37,42,44-49,60-61H,19,25,27-35H2,1-11H3,(H,62,75)(H,63,71)(H,64,69)(H,65,70)/t36-,37-,42?,44?,45?,46?,47?,48?,49?/m0/s1. The number of likely N-dealkylation sites (N-methyl/N-ethyl adjacent to an activating group) is 2. The van der Waals surface area contributed by atoms with Gasteiger partial charge in [0, 0.05) is 39.2 Å². The maximum absolute atomic E-state index is 15.9. The summed E-state index contributed by atoms with van der Waals surface area (Å²) in [5.41, 5.74) is 2.27. The van der Waals surface area contributed by atoms with Crippen molar-refractivity contribution in [2.24, 2.45) is 16.2 Å². The van der Waals surface area contributed by atoms with Gasteiger partial charge < -0.3 is 51.3 Å². The Hall–Kier alpha value is -6.17. The van der Waals surface area contributed by atoms with E-state index in [0.29, 0.717) is 12.8 Å². The number of aryl methyl sites for hydroxylation is 1. The predicted octanol–water partition coefficient (Wildman–Crippen LogP) is 4.49. The number of amides is 7. The van der Waals surface area contributed by atoms with E-state index in [9.17, 15) is 19.2 Å². The Labute approximate surface area is 449 Å². The zero-order valence-corrected chi connectivity index (χ0v) is 46.6. The van der Waals surface area contributed by atoms with Crippen molar-refractivity contribution in [3.63, 3.8) is 0 Å². The molecule has 76 heavy (non-hydrogen) atoms. The maximum atomic E-state index is 15.9. The minimum absolute atomic E-state index is 0.0119. The van der Waals surface area contributed by atoms with Crippen LogP contribution in [0.1, 0.15) is 127 Å². The minimum Gasteiger partial charge on any atom is -0.382 e. The fraction of sp³-hybridized carbons (Fsp3) is 0.576. The van der Waals surface area contributed by atoms with Crippen LogP contribution in [-0.4, -0.2) is 139 Å². The molecule has 412 valence electrons. The third kappa shape index (κ3) is 13.0. The van der Waals surface area contributed by atoms with E-state index < -0.39 is 76.4 Å². The topological polar surface area (TPSA) is 211 Å². The molecule has 2 aliphatic carbocycles. The molecular formula is C59H83N9O8. The largest absolute Gasteiger partial charge is 0.382 e. The van der Waals surface area contributed by atoms with Crippen LogP contribution in [0.15, 0.2) is 78.9 Å². The van der Waals surface area contributed by atoms with Gasteiger partial charge in [0.05, 0.1) is 36.2 Å². The lowest BCUT2D eigenvalue weighted by Crippen LogP contribution is -2.62. The molecule has 7 amide bonds. The number of carbonyl (C=O) groups is 7. The molecule has 4 aliphatic rings. The molecule has 1 saturated carbocycles. The zero-order valence-electron chi connectivity index (χ0n) is 46.6. The van der Waals surface area contributed by atoms with Gasteiger partial charge >= 0.3 is 0 Å². The lowest BCUT2D eigenvalue weighted by atomic mass is 9.84. The van der Waals surface area contributed by atoms with Gasteiger partial charge in [0.25, 0.3) is 0 Å². The number of methoxy groups -OCH3 is 1. The molecule has 0 radical (unpaired) electrons. The molecule has 17 nitrogen and oxygen atoms in total. The summed E-state index contributed by atoms with van der Waals surface area (Å²) in [5, 5.41) is 18.4. The molecule has 0 spiro atoms. The van der Waals surface area contributed by atoms with Crippen LogP contribution >= 0.6 is 0 Å². The molecule has 2 heterocycles. The molecular weight excluding hydrogens is 963 g/mol. The van der Waals surface area contributed by atoms with Crippen molar-refractivity contribution in [1.82, 2.24) is 46.6 Å². The first-order chi connectivity index (χ1) is 36.0. The average molecular weight is 1050 g/mol. The van der Waals surface area contributed by atoms with Crippen molar-refractivity contribution in [1.29, 1.82) is 0 Å². The number of nitrogens with zero attached hydrogens (tertiary/aromatic N) is 3.